The Bertz CT molecular complexity index is 816. The van der Waals surface area contributed by atoms with Crippen LogP contribution in [-0.4, -0.2) is 47.1 Å². The van der Waals surface area contributed by atoms with Crippen LogP contribution in [0.5, 0.6) is 0 Å². The zero-order valence-electron chi connectivity index (χ0n) is 13.6. The standard InChI is InChI=1S/C19H20N4O/c1-2-4-17-14(3-1)11-18(24-17)15-12-20-19(21-13-15)23-10-9-22-7-5-16(23)6-8-22/h1-4,11-13,16H,5-10H2. The molecule has 1 aromatic carbocycles. The first-order valence-corrected chi connectivity index (χ1v) is 8.67. The van der Waals surface area contributed by atoms with Crippen molar-refractivity contribution in [2.45, 2.75) is 18.9 Å². The molecule has 0 atom stereocenters. The van der Waals surface area contributed by atoms with Crippen LogP contribution < -0.4 is 4.90 Å². The third-order valence-electron chi connectivity index (χ3n) is 5.26. The van der Waals surface area contributed by atoms with Gasteiger partial charge in [-0.2, -0.15) is 0 Å². The molecule has 0 spiro atoms. The maximum absolute atomic E-state index is 5.91. The summed E-state index contributed by atoms with van der Waals surface area (Å²) < 4.78 is 5.91. The summed E-state index contributed by atoms with van der Waals surface area (Å²) in [4.78, 5) is 14.2. The van der Waals surface area contributed by atoms with Gasteiger partial charge in [0.1, 0.15) is 11.3 Å². The third kappa shape index (κ3) is 2.36. The number of para-hydroxylation sites is 1. The summed E-state index contributed by atoms with van der Waals surface area (Å²) in [5, 5.41) is 1.11. The minimum absolute atomic E-state index is 0.584. The molecule has 2 bridgehead atoms. The molecule has 6 rings (SSSR count). The zero-order chi connectivity index (χ0) is 15.9. The molecule has 0 unspecified atom stereocenters. The number of fused-ring (bicyclic) bond motifs is 5. The van der Waals surface area contributed by atoms with E-state index in [4.69, 9.17) is 4.42 Å². The molecule has 24 heavy (non-hydrogen) atoms. The van der Waals surface area contributed by atoms with Crippen LogP contribution in [-0.2, 0) is 0 Å². The van der Waals surface area contributed by atoms with Gasteiger partial charge in [0, 0.05) is 50.0 Å². The average molecular weight is 320 g/mol. The summed E-state index contributed by atoms with van der Waals surface area (Å²) in [6.07, 6.45) is 6.21. The fourth-order valence-electron chi connectivity index (χ4n) is 3.87. The Morgan fingerprint density at radius 3 is 2.54 bits per heavy atom. The Morgan fingerprint density at radius 1 is 0.958 bits per heavy atom. The molecule has 3 fully saturated rings. The van der Waals surface area contributed by atoms with Gasteiger partial charge < -0.3 is 14.2 Å². The van der Waals surface area contributed by atoms with Crippen molar-refractivity contribution in [1.82, 2.24) is 14.9 Å². The zero-order valence-corrected chi connectivity index (χ0v) is 13.6. The SMILES string of the molecule is c1ccc2oc(-c3cnc(N4CCN5CCC4CC5)nc3)cc2c1. The number of anilines is 1. The van der Waals surface area contributed by atoms with Crippen LogP contribution in [0.4, 0.5) is 5.95 Å². The fourth-order valence-corrected chi connectivity index (χ4v) is 3.87. The lowest BCUT2D eigenvalue weighted by atomic mass is 10.1. The number of hydrogen-bond donors (Lipinski definition) is 0. The van der Waals surface area contributed by atoms with Gasteiger partial charge in [-0.1, -0.05) is 18.2 Å². The molecule has 2 aromatic heterocycles. The molecule has 5 heterocycles. The average Bonchev–Trinajstić information content (AvgIpc) is 2.85. The van der Waals surface area contributed by atoms with Crippen LogP contribution >= 0.6 is 0 Å². The van der Waals surface area contributed by atoms with Gasteiger partial charge in [-0.15, -0.1) is 0 Å². The van der Waals surface area contributed by atoms with Gasteiger partial charge in [0.15, 0.2) is 0 Å². The molecule has 3 aromatic rings. The number of furan rings is 1. The highest BCUT2D eigenvalue weighted by Crippen LogP contribution is 2.28. The molecule has 0 radical (unpaired) electrons. The van der Waals surface area contributed by atoms with Crippen molar-refractivity contribution in [3.05, 3.63) is 42.7 Å². The van der Waals surface area contributed by atoms with E-state index in [2.05, 4.69) is 31.9 Å². The number of benzene rings is 1. The van der Waals surface area contributed by atoms with Crippen molar-refractivity contribution in [2.75, 3.05) is 31.1 Å². The van der Waals surface area contributed by atoms with Crippen molar-refractivity contribution in [3.8, 4) is 11.3 Å². The largest absolute Gasteiger partial charge is 0.456 e. The topological polar surface area (TPSA) is 45.4 Å². The second kappa shape index (κ2) is 5.60. The lowest BCUT2D eigenvalue weighted by molar-refractivity contribution is 0.250. The summed E-state index contributed by atoms with van der Waals surface area (Å²) in [5.74, 6) is 1.68. The van der Waals surface area contributed by atoms with Gasteiger partial charge >= 0.3 is 0 Å². The van der Waals surface area contributed by atoms with E-state index in [-0.39, 0.29) is 0 Å². The van der Waals surface area contributed by atoms with E-state index in [0.717, 1.165) is 41.3 Å². The number of hydrogen-bond acceptors (Lipinski definition) is 5. The smallest absolute Gasteiger partial charge is 0.225 e. The highest BCUT2D eigenvalue weighted by atomic mass is 16.3. The molecule has 3 saturated heterocycles. The first-order valence-electron chi connectivity index (χ1n) is 8.67. The summed E-state index contributed by atoms with van der Waals surface area (Å²) >= 11 is 0. The summed E-state index contributed by atoms with van der Waals surface area (Å²) in [7, 11) is 0. The van der Waals surface area contributed by atoms with Gasteiger partial charge in [-0.05, 0) is 25.0 Å². The number of nitrogens with zero attached hydrogens (tertiary/aromatic N) is 4. The normalized spacial score (nSPS) is 23.6. The quantitative estimate of drug-likeness (QED) is 0.726. The summed E-state index contributed by atoms with van der Waals surface area (Å²) in [5.41, 5.74) is 1.83. The summed E-state index contributed by atoms with van der Waals surface area (Å²) in [6, 6.07) is 10.7. The molecule has 5 nitrogen and oxygen atoms in total. The van der Waals surface area contributed by atoms with E-state index in [1.54, 1.807) is 0 Å². The van der Waals surface area contributed by atoms with Crippen molar-refractivity contribution >= 4 is 16.9 Å². The van der Waals surface area contributed by atoms with Crippen LogP contribution in [0.15, 0.2) is 47.1 Å². The third-order valence-corrected chi connectivity index (χ3v) is 5.26. The summed E-state index contributed by atoms with van der Waals surface area (Å²) in [6.45, 7) is 4.55. The van der Waals surface area contributed by atoms with Crippen LogP contribution in [0.3, 0.4) is 0 Å². The molecule has 0 aliphatic carbocycles. The predicted octanol–water partition coefficient (Wildman–Crippen LogP) is 3.17. The van der Waals surface area contributed by atoms with Gasteiger partial charge in [0.05, 0.1) is 5.56 Å². The van der Waals surface area contributed by atoms with Gasteiger partial charge in [0.25, 0.3) is 0 Å². The van der Waals surface area contributed by atoms with Crippen molar-refractivity contribution in [3.63, 3.8) is 0 Å². The van der Waals surface area contributed by atoms with E-state index >= 15 is 0 Å². The Morgan fingerprint density at radius 2 is 1.75 bits per heavy atom. The molecule has 5 heteroatoms. The molecule has 0 N–H and O–H groups in total. The van der Waals surface area contributed by atoms with Gasteiger partial charge in [-0.25, -0.2) is 9.97 Å². The lowest BCUT2D eigenvalue weighted by Gasteiger charge is -2.31. The number of piperidine rings is 1. The maximum Gasteiger partial charge on any atom is 0.225 e. The highest BCUT2D eigenvalue weighted by Gasteiger charge is 2.30. The van der Waals surface area contributed by atoms with Crippen molar-refractivity contribution in [2.24, 2.45) is 0 Å². The molecule has 0 amide bonds. The maximum atomic E-state index is 5.91. The lowest BCUT2D eigenvalue weighted by Crippen LogP contribution is -2.38. The predicted molar refractivity (Wildman–Crippen MR) is 94.0 cm³/mol. The van der Waals surface area contributed by atoms with Crippen LogP contribution in [0.25, 0.3) is 22.3 Å². The molecule has 3 aliphatic heterocycles. The number of aromatic nitrogens is 2. The monoisotopic (exact) mass is 320 g/mol. The fraction of sp³-hybridized carbons (Fsp3) is 0.368. The van der Waals surface area contributed by atoms with Crippen LogP contribution in [0.2, 0.25) is 0 Å². The highest BCUT2D eigenvalue weighted by molar-refractivity contribution is 5.82. The second-order valence-corrected chi connectivity index (χ2v) is 6.69. The second-order valence-electron chi connectivity index (χ2n) is 6.69. The van der Waals surface area contributed by atoms with Crippen LogP contribution in [0.1, 0.15) is 12.8 Å². The Hall–Kier alpha value is -2.40. The van der Waals surface area contributed by atoms with E-state index in [1.165, 1.54) is 25.9 Å². The minimum atomic E-state index is 0.584. The van der Waals surface area contributed by atoms with Crippen molar-refractivity contribution in [1.29, 1.82) is 0 Å². The van der Waals surface area contributed by atoms with E-state index in [9.17, 15) is 0 Å². The molecule has 0 saturated carbocycles. The van der Waals surface area contributed by atoms with Gasteiger partial charge in [0.2, 0.25) is 5.95 Å². The van der Waals surface area contributed by atoms with Crippen molar-refractivity contribution < 1.29 is 4.42 Å². The first kappa shape index (κ1) is 14.0. The number of rotatable bonds is 2. The van der Waals surface area contributed by atoms with Crippen LogP contribution in [0, 0.1) is 0 Å². The van der Waals surface area contributed by atoms with E-state index in [1.807, 2.05) is 30.6 Å². The Balaban J connectivity index is 1.44. The Kier molecular flexibility index (Phi) is 3.26. The molecular weight excluding hydrogens is 300 g/mol. The molecule has 3 aliphatic rings. The van der Waals surface area contributed by atoms with E-state index < -0.39 is 0 Å². The van der Waals surface area contributed by atoms with E-state index in [0.29, 0.717) is 6.04 Å². The molecule has 122 valence electrons. The minimum Gasteiger partial charge on any atom is -0.456 e. The van der Waals surface area contributed by atoms with Gasteiger partial charge in [-0.3, -0.25) is 0 Å². The molecular formula is C19H20N4O. The first-order chi connectivity index (χ1) is 11.9. The Labute approximate surface area is 140 Å².